The second kappa shape index (κ2) is 12.1. The molecule has 0 heterocycles. The van der Waals surface area contributed by atoms with Crippen molar-refractivity contribution in [3.05, 3.63) is 35.4 Å². The van der Waals surface area contributed by atoms with E-state index in [1.54, 1.807) is 0 Å². The Morgan fingerprint density at radius 1 is 1.00 bits per heavy atom. The molecule has 126 valence electrons. The maximum absolute atomic E-state index is 11.1. The molecule has 1 aromatic rings. The molecule has 0 saturated heterocycles. The average molecular weight is 394 g/mol. The van der Waals surface area contributed by atoms with E-state index < -0.39 is 20.6 Å². The fraction of sp³-hybridized carbons (Fsp3) is 0.571. The van der Waals surface area contributed by atoms with Gasteiger partial charge in [0.25, 0.3) is 0 Å². The molecule has 10 heteroatoms. The minimum atomic E-state index is -5.31. The van der Waals surface area contributed by atoms with Crippen LogP contribution in [0.2, 0.25) is 0 Å². The predicted octanol–water partition coefficient (Wildman–Crippen LogP) is -4.37. The summed E-state index contributed by atoms with van der Waals surface area (Å²) >= 11 is 0. The van der Waals surface area contributed by atoms with E-state index in [2.05, 4.69) is 13.8 Å². The van der Waals surface area contributed by atoms with Gasteiger partial charge in [0.05, 0.1) is 5.40 Å². The minimum Gasteiger partial charge on any atom is -0.810 e. The third-order valence-electron chi connectivity index (χ3n) is 3.35. The molecule has 1 atom stereocenters. The van der Waals surface area contributed by atoms with E-state index in [1.165, 1.54) is 5.56 Å². The Labute approximate surface area is 187 Å². The van der Waals surface area contributed by atoms with Crippen molar-refractivity contribution in [1.82, 2.24) is 0 Å². The largest absolute Gasteiger partial charge is 1.00 e. The van der Waals surface area contributed by atoms with Gasteiger partial charge >= 0.3 is 66.7 Å². The molecule has 0 saturated carbocycles. The van der Waals surface area contributed by atoms with E-state index >= 15 is 0 Å². The average Bonchev–Trinajstić information content (AvgIpc) is 2.32. The van der Waals surface area contributed by atoms with Crippen LogP contribution in [-0.4, -0.2) is 15.2 Å². The number of hydrogen-bond acceptors (Lipinski definition) is 4. The van der Waals surface area contributed by atoms with Crippen molar-refractivity contribution in [2.24, 2.45) is 5.92 Å². The Morgan fingerprint density at radius 2 is 1.46 bits per heavy atom. The van der Waals surface area contributed by atoms with Crippen LogP contribution in [0.1, 0.15) is 37.8 Å². The first-order chi connectivity index (χ1) is 10.00. The second-order valence-electron chi connectivity index (χ2n) is 5.92. The topological polar surface area (TPSA) is 121 Å². The fourth-order valence-corrected chi connectivity index (χ4v) is 4.80. The molecule has 0 aliphatic rings. The molecule has 6 nitrogen and oxygen atoms in total. The summed E-state index contributed by atoms with van der Waals surface area (Å²) in [5.41, 5.74) is 2.15. The van der Waals surface area contributed by atoms with Crippen LogP contribution in [0.3, 0.4) is 0 Å². The first-order valence-electron chi connectivity index (χ1n) is 7.15. The van der Waals surface area contributed by atoms with Gasteiger partial charge in [-0.15, -0.1) is 0 Å². The monoisotopic (exact) mass is 394 g/mol. The van der Waals surface area contributed by atoms with Gasteiger partial charge in [-0.3, -0.25) is 4.57 Å². The zero-order valence-corrected chi connectivity index (χ0v) is 20.5. The predicted molar refractivity (Wildman–Crippen MR) is 81.4 cm³/mol. The number of rotatable bonds is 8. The van der Waals surface area contributed by atoms with E-state index in [1.807, 2.05) is 24.3 Å². The van der Waals surface area contributed by atoms with Crippen LogP contribution in [0.15, 0.2) is 24.3 Å². The summed E-state index contributed by atoms with van der Waals surface area (Å²) in [5, 5.41) is -2.12. The summed E-state index contributed by atoms with van der Waals surface area (Å²) in [7, 11) is -10.2. The van der Waals surface area contributed by atoms with Crippen molar-refractivity contribution in [2.45, 2.75) is 44.9 Å². The van der Waals surface area contributed by atoms with Gasteiger partial charge in [-0.05, 0) is 42.7 Å². The van der Waals surface area contributed by atoms with E-state index in [0.29, 0.717) is 12.3 Å². The molecular weight excluding hydrogens is 372 g/mol. The quantitative estimate of drug-likeness (QED) is 0.340. The summed E-state index contributed by atoms with van der Waals surface area (Å²) < 4.78 is 22.0. The second-order valence-corrected chi connectivity index (χ2v) is 9.83. The summed E-state index contributed by atoms with van der Waals surface area (Å²) in [6.07, 6.45) is 1.34. The van der Waals surface area contributed by atoms with Crippen LogP contribution < -0.4 is 68.9 Å². The zero-order valence-electron chi connectivity index (χ0n) is 14.7. The molecule has 0 spiro atoms. The van der Waals surface area contributed by atoms with Gasteiger partial charge < -0.3 is 24.1 Å². The normalized spacial score (nSPS) is 13.1. The van der Waals surface area contributed by atoms with Gasteiger partial charge in [-0.25, -0.2) is 0 Å². The Hall–Kier alpha value is 1.52. The first kappa shape index (κ1) is 27.7. The van der Waals surface area contributed by atoms with Gasteiger partial charge in [-0.2, -0.15) is 0 Å². The van der Waals surface area contributed by atoms with Gasteiger partial charge in [0.15, 0.2) is 0 Å². The number of aryl methyl sites for hydroxylation is 1. The van der Waals surface area contributed by atoms with Crippen molar-refractivity contribution in [2.75, 3.05) is 0 Å². The van der Waals surface area contributed by atoms with Crippen molar-refractivity contribution in [1.29, 1.82) is 0 Å². The van der Waals surface area contributed by atoms with Crippen LogP contribution in [0.4, 0.5) is 0 Å². The van der Waals surface area contributed by atoms with E-state index in [9.17, 15) is 18.9 Å². The number of hydrogen-bond donors (Lipinski definition) is 2. The molecule has 0 radical (unpaired) electrons. The van der Waals surface area contributed by atoms with Crippen molar-refractivity contribution in [3.63, 3.8) is 0 Å². The smallest absolute Gasteiger partial charge is 0.810 e. The Kier molecular flexibility index (Phi) is 14.0. The third-order valence-corrected chi connectivity index (χ3v) is 7.12. The van der Waals surface area contributed by atoms with Crippen molar-refractivity contribution >= 4 is 15.2 Å². The molecule has 0 bridgehead atoms. The summed E-state index contributed by atoms with van der Waals surface area (Å²) in [5.74, 6) is 0.554. The van der Waals surface area contributed by atoms with Crippen LogP contribution in [0.25, 0.3) is 0 Å². The molecule has 1 aromatic carbocycles. The van der Waals surface area contributed by atoms with Crippen LogP contribution >= 0.6 is 15.2 Å². The summed E-state index contributed by atoms with van der Waals surface area (Å²) in [6, 6.07) is 7.81. The van der Waals surface area contributed by atoms with Crippen LogP contribution in [-0.2, 0) is 22.0 Å². The molecule has 1 unspecified atom stereocenters. The minimum absolute atomic E-state index is 0. The van der Waals surface area contributed by atoms with Crippen LogP contribution in [0, 0.1) is 5.92 Å². The Morgan fingerprint density at radius 3 is 1.83 bits per heavy atom. The molecule has 0 aromatic heterocycles. The molecule has 0 aliphatic carbocycles. The molecule has 1 rings (SSSR count). The molecule has 0 amide bonds. The van der Waals surface area contributed by atoms with Crippen molar-refractivity contribution < 1.29 is 87.8 Å². The van der Waals surface area contributed by atoms with E-state index in [-0.39, 0.29) is 72.0 Å². The summed E-state index contributed by atoms with van der Waals surface area (Å²) in [6.45, 7) is 4.25. The zero-order chi connectivity index (χ0) is 17.0. The Balaban J connectivity index is 0. The van der Waals surface area contributed by atoms with E-state index in [4.69, 9.17) is 9.79 Å². The molecular formula is C14H22Na2O6P2. The molecule has 2 N–H and O–H groups in total. The van der Waals surface area contributed by atoms with Gasteiger partial charge in [-0.1, -0.05) is 45.7 Å². The molecule has 0 aliphatic heterocycles. The van der Waals surface area contributed by atoms with Crippen molar-refractivity contribution in [3.8, 4) is 0 Å². The van der Waals surface area contributed by atoms with Crippen LogP contribution in [0.5, 0.6) is 0 Å². The molecule has 24 heavy (non-hydrogen) atoms. The first-order valence-corrected chi connectivity index (χ1v) is 10.4. The number of benzene rings is 1. The third kappa shape index (κ3) is 10.6. The van der Waals surface area contributed by atoms with E-state index in [0.717, 1.165) is 12.0 Å². The maximum atomic E-state index is 11.1. The van der Waals surface area contributed by atoms with Gasteiger partial charge in [0, 0.05) is 0 Å². The Bertz CT molecular complexity index is 545. The SMILES string of the molecule is CC(C)Cc1ccc(CCCC(P(=O)([O-])[O-])P(=O)(O)O)cc1.[Na+].[Na+]. The molecule has 0 fully saturated rings. The standard InChI is InChI=1S/C14H24O6P2.2Na/c1-11(2)10-13-8-6-12(7-9-13)4-3-5-14(21(15,16)17)22(18,19)20;;/h6-9,11,14H,3-5,10H2,1-2H3,(H2,15,16,17)(H2,18,19,20);;/q;2*+1/p-2. The van der Waals surface area contributed by atoms with Gasteiger partial charge in [0.2, 0.25) is 0 Å². The maximum Gasteiger partial charge on any atom is 1.00 e. The van der Waals surface area contributed by atoms with Gasteiger partial charge in [0.1, 0.15) is 0 Å². The fourth-order valence-electron chi connectivity index (χ4n) is 2.31. The summed E-state index contributed by atoms with van der Waals surface area (Å²) in [4.78, 5) is 39.8.